The summed E-state index contributed by atoms with van der Waals surface area (Å²) in [7, 11) is 1.59. The first-order valence-corrected chi connectivity index (χ1v) is 10.5. The number of fused-ring (bicyclic) bond motifs is 2. The number of nitrogens with zero attached hydrogens (tertiary/aromatic N) is 3. The lowest BCUT2D eigenvalue weighted by atomic mass is 10.00. The normalized spacial score (nSPS) is 19.6. The Morgan fingerprint density at radius 1 is 1.19 bits per heavy atom. The zero-order chi connectivity index (χ0) is 22.6. The first-order chi connectivity index (χ1) is 15.4. The van der Waals surface area contributed by atoms with Gasteiger partial charge >= 0.3 is 0 Å². The molecule has 2 aliphatic rings. The molecule has 2 heterocycles. The lowest BCUT2D eigenvalue weighted by Gasteiger charge is -2.28. The van der Waals surface area contributed by atoms with Crippen LogP contribution in [0.3, 0.4) is 0 Å². The Kier molecular flexibility index (Phi) is 4.97. The molecule has 3 aromatic rings. The maximum atomic E-state index is 14.4. The van der Waals surface area contributed by atoms with Crippen molar-refractivity contribution in [3.8, 4) is 17.0 Å². The predicted molar refractivity (Wildman–Crippen MR) is 113 cm³/mol. The highest BCUT2D eigenvalue weighted by Gasteiger charge is 2.39. The number of hydrogen-bond donors (Lipinski definition) is 1. The van der Waals surface area contributed by atoms with E-state index in [1.807, 2.05) is 24.3 Å². The van der Waals surface area contributed by atoms with Crippen molar-refractivity contribution in [1.82, 2.24) is 14.7 Å². The number of benzene rings is 2. The monoisotopic (exact) mass is 439 g/mol. The second kappa shape index (κ2) is 7.70. The number of carbonyl (C=O) groups is 1. The summed E-state index contributed by atoms with van der Waals surface area (Å²) in [6.07, 6.45) is -0.299. The van der Waals surface area contributed by atoms with Crippen LogP contribution in [0.5, 0.6) is 5.75 Å². The summed E-state index contributed by atoms with van der Waals surface area (Å²) in [5, 5.41) is 15.7. The molecule has 166 valence electrons. The molecule has 2 aromatic carbocycles. The van der Waals surface area contributed by atoms with E-state index in [9.17, 15) is 18.7 Å². The third-order valence-corrected chi connectivity index (χ3v) is 6.45. The SMILES string of the molecule is COc1ccc(-c2nn(C3c4cc(F)cc(F)c4CC3O)c3c2CN(C(C)=O)CC3)cc1. The van der Waals surface area contributed by atoms with Crippen LogP contribution in [0.1, 0.15) is 35.3 Å². The Bertz CT molecular complexity index is 1210. The number of ether oxygens (including phenoxy) is 1. The van der Waals surface area contributed by atoms with Gasteiger partial charge in [0.15, 0.2) is 0 Å². The van der Waals surface area contributed by atoms with Crippen molar-refractivity contribution in [3.63, 3.8) is 0 Å². The minimum atomic E-state index is -0.931. The molecule has 0 saturated carbocycles. The van der Waals surface area contributed by atoms with Crippen molar-refractivity contribution in [2.45, 2.75) is 38.5 Å². The van der Waals surface area contributed by atoms with Gasteiger partial charge in [0.25, 0.3) is 0 Å². The van der Waals surface area contributed by atoms with Crippen molar-refractivity contribution >= 4 is 5.91 Å². The summed E-state index contributed by atoms with van der Waals surface area (Å²) in [5.41, 5.74) is 4.01. The zero-order valence-electron chi connectivity index (χ0n) is 17.8. The van der Waals surface area contributed by atoms with E-state index in [0.29, 0.717) is 42.1 Å². The van der Waals surface area contributed by atoms with Gasteiger partial charge in [-0.25, -0.2) is 8.78 Å². The minimum Gasteiger partial charge on any atom is -0.497 e. The molecular weight excluding hydrogens is 416 g/mol. The Hall–Kier alpha value is -3.26. The molecule has 1 aliphatic carbocycles. The van der Waals surface area contributed by atoms with Gasteiger partial charge in [-0.1, -0.05) is 0 Å². The highest BCUT2D eigenvalue weighted by molar-refractivity contribution is 5.74. The fourth-order valence-electron chi connectivity index (χ4n) is 4.85. The highest BCUT2D eigenvalue weighted by Crippen LogP contribution is 2.40. The molecule has 0 spiro atoms. The van der Waals surface area contributed by atoms with Crippen LogP contribution in [0.4, 0.5) is 8.78 Å². The fraction of sp³-hybridized carbons (Fsp3) is 0.333. The molecule has 2 unspecified atom stereocenters. The molecule has 0 fully saturated rings. The maximum absolute atomic E-state index is 14.4. The molecule has 0 radical (unpaired) electrons. The van der Waals surface area contributed by atoms with E-state index in [4.69, 9.17) is 9.84 Å². The first-order valence-electron chi connectivity index (χ1n) is 10.5. The molecule has 0 saturated heterocycles. The summed E-state index contributed by atoms with van der Waals surface area (Å²) >= 11 is 0. The molecule has 1 N–H and O–H groups in total. The van der Waals surface area contributed by atoms with Gasteiger partial charge < -0.3 is 14.7 Å². The van der Waals surface area contributed by atoms with Gasteiger partial charge in [0, 0.05) is 55.7 Å². The molecule has 1 aliphatic heterocycles. The second-order valence-corrected chi connectivity index (χ2v) is 8.31. The zero-order valence-corrected chi connectivity index (χ0v) is 17.8. The summed E-state index contributed by atoms with van der Waals surface area (Å²) < 4.78 is 35.4. The summed E-state index contributed by atoms with van der Waals surface area (Å²) in [5.74, 6) is -0.654. The third-order valence-electron chi connectivity index (χ3n) is 6.45. The smallest absolute Gasteiger partial charge is 0.219 e. The van der Waals surface area contributed by atoms with Crippen molar-refractivity contribution in [1.29, 1.82) is 0 Å². The van der Waals surface area contributed by atoms with Crippen molar-refractivity contribution in [2.24, 2.45) is 0 Å². The number of aliphatic hydroxyl groups is 1. The van der Waals surface area contributed by atoms with Gasteiger partial charge in [-0.2, -0.15) is 5.10 Å². The molecule has 32 heavy (non-hydrogen) atoms. The molecule has 2 atom stereocenters. The largest absolute Gasteiger partial charge is 0.497 e. The van der Waals surface area contributed by atoms with Gasteiger partial charge in [0.05, 0.1) is 18.9 Å². The lowest BCUT2D eigenvalue weighted by Crippen LogP contribution is -2.35. The maximum Gasteiger partial charge on any atom is 0.219 e. The van der Waals surface area contributed by atoms with Crippen LogP contribution in [0, 0.1) is 11.6 Å². The summed E-state index contributed by atoms with van der Waals surface area (Å²) in [6.45, 7) is 2.44. The second-order valence-electron chi connectivity index (χ2n) is 8.31. The number of aromatic nitrogens is 2. The molecule has 6 nitrogen and oxygen atoms in total. The Morgan fingerprint density at radius 2 is 1.94 bits per heavy atom. The number of hydrogen-bond acceptors (Lipinski definition) is 4. The average Bonchev–Trinajstić information content (AvgIpc) is 3.30. The predicted octanol–water partition coefficient (Wildman–Crippen LogP) is 3.25. The van der Waals surface area contributed by atoms with Crippen LogP contribution in [-0.4, -0.2) is 45.5 Å². The highest BCUT2D eigenvalue weighted by atomic mass is 19.1. The molecular formula is C24H23F2N3O3. The number of aliphatic hydroxyl groups excluding tert-OH is 1. The first kappa shape index (κ1) is 20.6. The third kappa shape index (κ3) is 3.26. The van der Waals surface area contributed by atoms with Crippen LogP contribution in [0.25, 0.3) is 11.3 Å². The van der Waals surface area contributed by atoms with E-state index in [2.05, 4.69) is 0 Å². The molecule has 5 rings (SSSR count). The lowest BCUT2D eigenvalue weighted by molar-refractivity contribution is -0.129. The Labute approximate surface area is 184 Å². The quantitative estimate of drug-likeness (QED) is 0.681. The van der Waals surface area contributed by atoms with Crippen molar-refractivity contribution in [3.05, 3.63) is 70.4 Å². The number of rotatable bonds is 3. The van der Waals surface area contributed by atoms with Crippen LogP contribution < -0.4 is 4.74 Å². The van der Waals surface area contributed by atoms with Crippen LogP contribution in [-0.2, 0) is 24.2 Å². The number of carbonyl (C=O) groups excluding carboxylic acids is 1. The average molecular weight is 439 g/mol. The fourth-order valence-corrected chi connectivity index (χ4v) is 4.85. The number of amides is 1. The summed E-state index contributed by atoms with van der Waals surface area (Å²) in [4.78, 5) is 13.8. The van der Waals surface area contributed by atoms with Gasteiger partial charge in [-0.05, 0) is 41.5 Å². The van der Waals surface area contributed by atoms with Crippen molar-refractivity contribution < 1.29 is 23.4 Å². The van der Waals surface area contributed by atoms with E-state index in [1.54, 1.807) is 16.7 Å². The van der Waals surface area contributed by atoms with E-state index < -0.39 is 23.8 Å². The van der Waals surface area contributed by atoms with Gasteiger partial charge in [0.2, 0.25) is 5.91 Å². The van der Waals surface area contributed by atoms with E-state index in [1.165, 1.54) is 13.0 Å². The van der Waals surface area contributed by atoms with E-state index in [0.717, 1.165) is 22.9 Å². The minimum absolute atomic E-state index is 0.0283. The molecule has 0 bridgehead atoms. The molecule has 8 heteroatoms. The van der Waals surface area contributed by atoms with E-state index >= 15 is 0 Å². The van der Waals surface area contributed by atoms with Crippen molar-refractivity contribution in [2.75, 3.05) is 13.7 Å². The Balaban J connectivity index is 1.67. The van der Waals surface area contributed by atoms with Crippen LogP contribution in [0.15, 0.2) is 36.4 Å². The number of halogens is 2. The molecule has 1 amide bonds. The van der Waals surface area contributed by atoms with Crippen LogP contribution in [0.2, 0.25) is 0 Å². The van der Waals surface area contributed by atoms with E-state index in [-0.39, 0.29) is 12.3 Å². The van der Waals surface area contributed by atoms with Crippen LogP contribution >= 0.6 is 0 Å². The summed E-state index contributed by atoms with van der Waals surface area (Å²) in [6, 6.07) is 8.87. The molecule has 1 aromatic heterocycles. The Morgan fingerprint density at radius 3 is 2.62 bits per heavy atom. The standard InChI is InChI=1S/C24H23F2N3O3/c1-13(30)28-8-7-21-19(12-28)23(14-3-5-16(32-2)6-4-14)27-29(21)24-18-9-15(25)10-20(26)17(18)11-22(24)31/h3-6,9-10,22,24,31H,7-8,11-12H2,1-2H3. The van der Waals surface area contributed by atoms with Gasteiger partial charge in [0.1, 0.15) is 23.4 Å². The van der Waals surface area contributed by atoms with Gasteiger partial charge in [-0.3, -0.25) is 9.48 Å². The topological polar surface area (TPSA) is 67.6 Å². The number of methoxy groups -OCH3 is 1. The van der Waals surface area contributed by atoms with Gasteiger partial charge in [-0.15, -0.1) is 0 Å².